The second-order valence-corrected chi connectivity index (χ2v) is 9.04. The van der Waals surface area contributed by atoms with Gasteiger partial charge in [0.1, 0.15) is 36.8 Å². The number of aromatic nitrogens is 5. The lowest BCUT2D eigenvalue weighted by Crippen LogP contribution is -2.51. The van der Waals surface area contributed by atoms with Crippen LogP contribution in [-0.4, -0.2) is 82.6 Å². The van der Waals surface area contributed by atoms with E-state index in [1.807, 2.05) is 0 Å². The molecule has 1 aromatic carbocycles. The van der Waals surface area contributed by atoms with Crippen molar-refractivity contribution in [2.24, 2.45) is 0 Å². The number of urea groups is 1. The van der Waals surface area contributed by atoms with Crippen molar-refractivity contribution in [3.8, 4) is 5.75 Å². The van der Waals surface area contributed by atoms with E-state index in [1.54, 1.807) is 24.4 Å². The highest BCUT2D eigenvalue weighted by Crippen LogP contribution is 2.20. The molecule has 3 aromatic rings. The van der Waals surface area contributed by atoms with Crippen LogP contribution in [0.5, 0.6) is 5.75 Å². The number of amides is 2. The van der Waals surface area contributed by atoms with Gasteiger partial charge in [0.25, 0.3) is 0 Å². The Kier molecular flexibility index (Phi) is 10.8. The van der Waals surface area contributed by atoms with Crippen LogP contribution in [0.4, 0.5) is 9.18 Å². The average Bonchev–Trinajstić information content (AvgIpc) is 3.49. The molecular formula is C24H30FN7O9. The number of aryl methyl sites for hydroxylation is 2. The molecule has 0 aliphatic rings. The Morgan fingerprint density at radius 3 is 2.39 bits per heavy atom. The van der Waals surface area contributed by atoms with Crippen molar-refractivity contribution in [2.75, 3.05) is 6.67 Å². The van der Waals surface area contributed by atoms with Crippen molar-refractivity contribution < 1.29 is 43.6 Å². The number of fused-ring (bicyclic) bond motifs is 1. The Labute approximate surface area is 231 Å². The van der Waals surface area contributed by atoms with Gasteiger partial charge in [-0.3, -0.25) is 9.36 Å². The monoisotopic (exact) mass is 579 g/mol. The number of aromatic amines is 1. The quantitative estimate of drug-likeness (QED) is 0.122. The topological polar surface area (TPSA) is 231 Å². The van der Waals surface area contributed by atoms with Crippen molar-refractivity contribution >= 4 is 35.0 Å². The largest absolute Gasteiger partial charge is 0.487 e. The van der Waals surface area contributed by atoms with Crippen LogP contribution in [0.15, 0.2) is 29.2 Å². The molecule has 2 atom stereocenters. The fraction of sp³-hybridized carbons (Fsp3) is 0.458. The number of nitrogens with one attached hydrogen (secondary N) is 3. The fourth-order valence-electron chi connectivity index (χ4n) is 3.96. The maximum atomic E-state index is 12.5. The van der Waals surface area contributed by atoms with Crippen LogP contribution < -0.4 is 21.1 Å². The van der Waals surface area contributed by atoms with Gasteiger partial charge in [0.2, 0.25) is 0 Å². The lowest BCUT2D eigenvalue weighted by molar-refractivity contribution is -0.140. The number of carboxylic acids is 3. The van der Waals surface area contributed by atoms with E-state index in [2.05, 4.69) is 25.9 Å². The van der Waals surface area contributed by atoms with Crippen LogP contribution in [-0.2, 0) is 34.1 Å². The maximum Gasteiger partial charge on any atom is 0.326 e. The number of carbonyl (C=O) groups is 4. The average molecular weight is 580 g/mol. The summed E-state index contributed by atoms with van der Waals surface area (Å²) in [7, 11) is 0. The Balaban J connectivity index is 1.54. The summed E-state index contributed by atoms with van der Waals surface area (Å²) in [5, 5.41) is 39.3. The number of aliphatic carboxylic acids is 3. The molecule has 16 nitrogen and oxygen atoms in total. The molecule has 0 saturated heterocycles. The normalized spacial score (nSPS) is 12.5. The molecule has 0 aliphatic carbocycles. The van der Waals surface area contributed by atoms with Gasteiger partial charge in [-0.05, 0) is 37.8 Å². The van der Waals surface area contributed by atoms with Crippen molar-refractivity contribution in [2.45, 2.75) is 63.9 Å². The first kappa shape index (κ1) is 30.6. The van der Waals surface area contributed by atoms with E-state index < -0.39 is 49.1 Å². The van der Waals surface area contributed by atoms with E-state index >= 15 is 0 Å². The van der Waals surface area contributed by atoms with Gasteiger partial charge in [-0.2, -0.15) is 0 Å². The third-order valence-corrected chi connectivity index (χ3v) is 6.01. The summed E-state index contributed by atoms with van der Waals surface area (Å²) in [5.41, 5.74) is 1.24. The number of benzene rings is 1. The molecule has 222 valence electrons. The second-order valence-electron chi connectivity index (χ2n) is 9.04. The zero-order valence-corrected chi connectivity index (χ0v) is 21.8. The number of imidazole rings is 1. The van der Waals surface area contributed by atoms with Gasteiger partial charge in [0, 0.05) is 19.0 Å². The zero-order chi connectivity index (χ0) is 29.9. The molecule has 41 heavy (non-hydrogen) atoms. The van der Waals surface area contributed by atoms with E-state index in [1.165, 1.54) is 9.25 Å². The third kappa shape index (κ3) is 9.04. The number of hydrogen-bond acceptors (Lipinski definition) is 8. The second kappa shape index (κ2) is 14.4. The fourth-order valence-corrected chi connectivity index (χ4v) is 3.96. The number of ether oxygens (including phenoxy) is 1. The minimum absolute atomic E-state index is 0.00975. The van der Waals surface area contributed by atoms with Gasteiger partial charge in [-0.25, -0.2) is 28.3 Å². The van der Waals surface area contributed by atoms with E-state index in [0.717, 1.165) is 0 Å². The number of carboxylic acid groups (broad SMARTS) is 3. The molecule has 0 fully saturated rings. The van der Waals surface area contributed by atoms with Crippen molar-refractivity contribution in [1.82, 2.24) is 35.2 Å². The minimum atomic E-state index is -1.50. The Hall–Kier alpha value is -4.96. The Bertz CT molecular complexity index is 1430. The van der Waals surface area contributed by atoms with E-state index in [4.69, 9.17) is 14.9 Å². The molecule has 0 aliphatic heterocycles. The minimum Gasteiger partial charge on any atom is -0.487 e. The number of carbonyl (C=O) groups excluding carboxylic acids is 1. The number of halogens is 1. The first-order valence-corrected chi connectivity index (χ1v) is 12.6. The van der Waals surface area contributed by atoms with Gasteiger partial charge in [-0.15, -0.1) is 5.10 Å². The standard InChI is InChI=1S/C24H30FN7O9/c25-8-10-31-12-14(29-30-31)13-41-15-4-5-16-19(11-15)32(24(40)28-16)9-2-1-3-17(21(35)36)26-23(39)27-18(22(37)38)6-7-20(33)34/h4-5,11-12,17-18H,1-3,6-10,13H2,(H,28,40)(H,33,34)(H,35,36)(H,37,38)(H2,26,27,39). The predicted octanol–water partition coefficient (Wildman–Crippen LogP) is 0.710. The zero-order valence-electron chi connectivity index (χ0n) is 21.8. The lowest BCUT2D eigenvalue weighted by Gasteiger charge is -2.18. The third-order valence-electron chi connectivity index (χ3n) is 6.01. The van der Waals surface area contributed by atoms with Gasteiger partial charge in [-0.1, -0.05) is 5.21 Å². The van der Waals surface area contributed by atoms with Crippen molar-refractivity contribution in [3.05, 3.63) is 40.6 Å². The molecular weight excluding hydrogens is 549 g/mol. The summed E-state index contributed by atoms with van der Waals surface area (Å²) in [6.07, 6.45) is 1.36. The molecule has 2 aromatic heterocycles. The molecule has 6 N–H and O–H groups in total. The van der Waals surface area contributed by atoms with E-state index in [0.29, 0.717) is 35.3 Å². The van der Waals surface area contributed by atoms with E-state index in [-0.39, 0.29) is 38.2 Å². The van der Waals surface area contributed by atoms with Crippen LogP contribution in [0.3, 0.4) is 0 Å². The Morgan fingerprint density at radius 2 is 1.73 bits per heavy atom. The molecule has 3 rings (SSSR count). The summed E-state index contributed by atoms with van der Waals surface area (Å²) in [6, 6.07) is 1.10. The first-order chi connectivity index (χ1) is 19.6. The van der Waals surface area contributed by atoms with Gasteiger partial charge in [0.15, 0.2) is 0 Å². The molecule has 0 bridgehead atoms. The molecule has 0 saturated carbocycles. The Morgan fingerprint density at radius 1 is 1.02 bits per heavy atom. The van der Waals surface area contributed by atoms with Gasteiger partial charge < -0.3 is 35.7 Å². The number of unbranched alkanes of at least 4 members (excludes halogenated alkanes) is 1. The summed E-state index contributed by atoms with van der Waals surface area (Å²) >= 11 is 0. The summed E-state index contributed by atoms with van der Waals surface area (Å²) in [4.78, 5) is 60.9. The predicted molar refractivity (Wildman–Crippen MR) is 138 cm³/mol. The van der Waals surface area contributed by atoms with Crippen LogP contribution >= 0.6 is 0 Å². The summed E-state index contributed by atoms with van der Waals surface area (Å²) in [6.45, 7) is -0.173. The number of alkyl halides is 1. The number of nitrogens with zero attached hydrogens (tertiary/aromatic N) is 4. The van der Waals surface area contributed by atoms with Crippen LogP contribution in [0, 0.1) is 0 Å². The van der Waals surface area contributed by atoms with Crippen LogP contribution in [0.1, 0.15) is 37.8 Å². The smallest absolute Gasteiger partial charge is 0.326 e. The van der Waals surface area contributed by atoms with E-state index in [9.17, 15) is 33.5 Å². The van der Waals surface area contributed by atoms with Crippen LogP contribution in [0.2, 0.25) is 0 Å². The van der Waals surface area contributed by atoms with Gasteiger partial charge in [0.05, 0.1) is 23.8 Å². The maximum absolute atomic E-state index is 12.5. The highest BCUT2D eigenvalue weighted by Gasteiger charge is 2.24. The number of hydrogen-bond donors (Lipinski definition) is 6. The molecule has 0 spiro atoms. The van der Waals surface area contributed by atoms with Crippen molar-refractivity contribution in [3.63, 3.8) is 0 Å². The molecule has 2 amide bonds. The molecule has 0 radical (unpaired) electrons. The first-order valence-electron chi connectivity index (χ1n) is 12.6. The lowest BCUT2D eigenvalue weighted by atomic mass is 10.1. The number of H-pyrrole nitrogens is 1. The van der Waals surface area contributed by atoms with Crippen LogP contribution in [0.25, 0.3) is 11.0 Å². The van der Waals surface area contributed by atoms with Crippen molar-refractivity contribution in [1.29, 1.82) is 0 Å². The molecule has 2 heterocycles. The number of rotatable bonds is 17. The summed E-state index contributed by atoms with van der Waals surface area (Å²) in [5.74, 6) is -3.58. The highest BCUT2D eigenvalue weighted by atomic mass is 19.1. The SMILES string of the molecule is O=C(O)CCC(NC(=O)NC(CCCCn1c(=O)[nH]c2ccc(OCc3cn(CCF)nn3)cc21)C(=O)O)C(=O)O. The van der Waals surface area contributed by atoms with Gasteiger partial charge >= 0.3 is 29.6 Å². The highest BCUT2D eigenvalue weighted by molar-refractivity contribution is 5.86. The summed E-state index contributed by atoms with van der Waals surface area (Å²) < 4.78 is 21.0. The molecule has 2 unspecified atom stereocenters. The molecule has 17 heteroatoms.